The van der Waals surface area contributed by atoms with Crippen LogP contribution in [0.5, 0.6) is 0 Å². The number of aromatic nitrogens is 2. The second kappa shape index (κ2) is 6.81. The zero-order valence-electron chi connectivity index (χ0n) is 11.9. The first-order chi connectivity index (χ1) is 10.2. The van der Waals surface area contributed by atoms with Gasteiger partial charge in [-0.2, -0.15) is 4.98 Å². The van der Waals surface area contributed by atoms with E-state index in [4.69, 9.17) is 16.1 Å². The number of hydrogen-bond donors (Lipinski definition) is 1. The van der Waals surface area contributed by atoms with E-state index in [-0.39, 0.29) is 0 Å². The Morgan fingerprint density at radius 3 is 2.95 bits per heavy atom. The molecule has 0 spiro atoms. The quantitative estimate of drug-likeness (QED) is 0.866. The molecule has 6 heteroatoms. The first-order valence-electron chi connectivity index (χ1n) is 7.15. The third kappa shape index (κ3) is 3.99. The van der Waals surface area contributed by atoms with Gasteiger partial charge in [-0.1, -0.05) is 16.8 Å². The Labute approximate surface area is 133 Å². The molecule has 1 aliphatic heterocycles. The van der Waals surface area contributed by atoms with Crippen molar-refractivity contribution in [1.82, 2.24) is 15.5 Å². The number of nitrogens with zero attached hydrogens (tertiary/aromatic N) is 2. The van der Waals surface area contributed by atoms with Crippen molar-refractivity contribution < 1.29 is 4.52 Å². The van der Waals surface area contributed by atoms with Crippen molar-refractivity contribution in [3.05, 3.63) is 41.0 Å². The van der Waals surface area contributed by atoms with Crippen LogP contribution in [0.15, 0.2) is 33.7 Å². The summed E-state index contributed by atoms with van der Waals surface area (Å²) in [7, 11) is 0. The normalized spacial score (nSPS) is 22.4. The third-order valence-corrected chi connectivity index (χ3v) is 4.90. The molecule has 0 amide bonds. The van der Waals surface area contributed by atoms with Crippen LogP contribution in [-0.2, 0) is 5.75 Å². The minimum absolute atomic E-state index is 0.392. The average Bonchev–Trinajstić information content (AvgIpc) is 2.96. The first-order valence-corrected chi connectivity index (χ1v) is 8.51. The van der Waals surface area contributed by atoms with Crippen LogP contribution in [0, 0.1) is 0 Å². The van der Waals surface area contributed by atoms with E-state index in [1.54, 1.807) is 11.8 Å². The molecule has 2 atom stereocenters. The summed E-state index contributed by atoms with van der Waals surface area (Å²) < 4.78 is 5.44. The molecular formula is C15H18ClN3OS. The second-order valence-electron chi connectivity index (χ2n) is 5.37. The molecule has 112 valence electrons. The molecule has 0 aliphatic carbocycles. The van der Waals surface area contributed by atoms with Gasteiger partial charge < -0.3 is 9.84 Å². The van der Waals surface area contributed by atoms with Crippen molar-refractivity contribution in [3.63, 3.8) is 0 Å². The van der Waals surface area contributed by atoms with Crippen LogP contribution < -0.4 is 5.32 Å². The summed E-state index contributed by atoms with van der Waals surface area (Å²) in [6, 6.07) is 8.30. The van der Waals surface area contributed by atoms with Gasteiger partial charge in [0.15, 0.2) is 5.82 Å². The maximum absolute atomic E-state index is 5.88. The molecule has 1 aliphatic rings. The molecule has 21 heavy (non-hydrogen) atoms. The molecule has 3 rings (SSSR count). The van der Waals surface area contributed by atoms with E-state index in [1.807, 2.05) is 24.3 Å². The maximum Gasteiger partial charge on any atom is 0.229 e. The van der Waals surface area contributed by atoms with Crippen molar-refractivity contribution in [3.8, 4) is 0 Å². The Bertz CT molecular complexity index is 587. The summed E-state index contributed by atoms with van der Waals surface area (Å²) in [4.78, 5) is 5.70. The highest BCUT2D eigenvalue weighted by molar-refractivity contribution is 7.98. The molecule has 1 aromatic carbocycles. The van der Waals surface area contributed by atoms with Crippen LogP contribution in [0.4, 0.5) is 0 Å². The number of piperidine rings is 1. The summed E-state index contributed by atoms with van der Waals surface area (Å²) in [6.45, 7) is 3.21. The molecule has 1 fully saturated rings. The Balaban J connectivity index is 1.58. The molecule has 0 saturated carbocycles. The summed E-state index contributed by atoms with van der Waals surface area (Å²) in [5.41, 5.74) is 0. The van der Waals surface area contributed by atoms with Gasteiger partial charge in [-0.25, -0.2) is 0 Å². The minimum Gasteiger partial charge on any atom is -0.339 e. The van der Waals surface area contributed by atoms with Gasteiger partial charge in [0.2, 0.25) is 5.89 Å². The van der Waals surface area contributed by atoms with E-state index in [2.05, 4.69) is 22.4 Å². The topological polar surface area (TPSA) is 51.0 Å². The van der Waals surface area contributed by atoms with Gasteiger partial charge in [0.05, 0.1) is 5.75 Å². The van der Waals surface area contributed by atoms with E-state index >= 15 is 0 Å². The third-order valence-electron chi connectivity index (χ3n) is 3.64. The predicted molar refractivity (Wildman–Crippen MR) is 84.8 cm³/mol. The number of rotatable bonds is 4. The monoisotopic (exact) mass is 323 g/mol. The molecule has 1 N–H and O–H groups in total. The van der Waals surface area contributed by atoms with Crippen LogP contribution in [-0.4, -0.2) is 22.7 Å². The predicted octanol–water partition coefficient (Wildman–Crippen LogP) is 3.87. The van der Waals surface area contributed by atoms with Crippen LogP contribution >= 0.6 is 23.4 Å². The Morgan fingerprint density at radius 2 is 2.19 bits per heavy atom. The number of halogens is 1. The SMILES string of the molecule is CC1CC(c2nc(CSc3ccc(Cl)cc3)no2)CCN1. The molecular weight excluding hydrogens is 306 g/mol. The van der Waals surface area contributed by atoms with E-state index < -0.39 is 0 Å². The van der Waals surface area contributed by atoms with Gasteiger partial charge in [-0.05, 0) is 50.6 Å². The molecule has 1 saturated heterocycles. The van der Waals surface area contributed by atoms with Gasteiger partial charge in [0.25, 0.3) is 0 Å². The molecule has 2 aromatic rings. The number of benzene rings is 1. The van der Waals surface area contributed by atoms with Crippen LogP contribution in [0.2, 0.25) is 5.02 Å². The molecule has 1 aromatic heterocycles. The lowest BCUT2D eigenvalue weighted by molar-refractivity contribution is 0.294. The molecule has 4 nitrogen and oxygen atoms in total. The van der Waals surface area contributed by atoms with Gasteiger partial charge in [-0.3, -0.25) is 0 Å². The zero-order chi connectivity index (χ0) is 14.7. The van der Waals surface area contributed by atoms with Gasteiger partial charge >= 0.3 is 0 Å². The summed E-state index contributed by atoms with van der Waals surface area (Å²) >= 11 is 7.56. The van der Waals surface area contributed by atoms with Crippen molar-refractivity contribution in [1.29, 1.82) is 0 Å². The lowest BCUT2D eigenvalue weighted by Crippen LogP contribution is -2.34. The van der Waals surface area contributed by atoms with Crippen LogP contribution in [0.1, 0.15) is 37.4 Å². The van der Waals surface area contributed by atoms with Crippen molar-refractivity contribution in [2.45, 2.75) is 42.4 Å². The van der Waals surface area contributed by atoms with E-state index in [1.165, 1.54) is 0 Å². The molecule has 2 heterocycles. The Kier molecular flexibility index (Phi) is 4.83. The van der Waals surface area contributed by atoms with Crippen molar-refractivity contribution in [2.24, 2.45) is 0 Å². The number of hydrogen-bond acceptors (Lipinski definition) is 5. The molecule has 0 radical (unpaired) electrons. The number of nitrogens with one attached hydrogen (secondary N) is 1. The molecule has 0 bridgehead atoms. The fourth-order valence-corrected chi connectivity index (χ4v) is 3.39. The zero-order valence-corrected chi connectivity index (χ0v) is 13.5. The highest BCUT2D eigenvalue weighted by Crippen LogP contribution is 2.28. The maximum atomic E-state index is 5.88. The fraction of sp³-hybridized carbons (Fsp3) is 0.467. The fourth-order valence-electron chi connectivity index (χ4n) is 2.53. The van der Waals surface area contributed by atoms with Crippen LogP contribution in [0.25, 0.3) is 0 Å². The molecule has 2 unspecified atom stereocenters. The van der Waals surface area contributed by atoms with Crippen molar-refractivity contribution >= 4 is 23.4 Å². The first kappa shape index (κ1) is 14.9. The van der Waals surface area contributed by atoms with E-state index in [0.717, 1.165) is 41.0 Å². The summed E-state index contributed by atoms with van der Waals surface area (Å²) in [6.07, 6.45) is 2.13. The Hall–Kier alpha value is -1.04. The van der Waals surface area contributed by atoms with Gasteiger partial charge in [0.1, 0.15) is 0 Å². The highest BCUT2D eigenvalue weighted by Gasteiger charge is 2.24. The lowest BCUT2D eigenvalue weighted by Gasteiger charge is -2.25. The lowest BCUT2D eigenvalue weighted by atomic mass is 9.93. The average molecular weight is 324 g/mol. The highest BCUT2D eigenvalue weighted by atomic mass is 35.5. The van der Waals surface area contributed by atoms with E-state index in [0.29, 0.717) is 17.7 Å². The van der Waals surface area contributed by atoms with Crippen molar-refractivity contribution in [2.75, 3.05) is 6.54 Å². The summed E-state index contributed by atoms with van der Waals surface area (Å²) in [5.74, 6) is 2.65. The standard InChI is InChI=1S/C15H18ClN3OS/c1-10-8-11(6-7-17-10)15-18-14(19-20-15)9-21-13-4-2-12(16)3-5-13/h2-5,10-11,17H,6-9H2,1H3. The Morgan fingerprint density at radius 1 is 1.38 bits per heavy atom. The van der Waals surface area contributed by atoms with Gasteiger partial charge in [0, 0.05) is 21.9 Å². The van der Waals surface area contributed by atoms with E-state index in [9.17, 15) is 0 Å². The largest absolute Gasteiger partial charge is 0.339 e. The van der Waals surface area contributed by atoms with Crippen LogP contribution in [0.3, 0.4) is 0 Å². The minimum atomic E-state index is 0.392. The van der Waals surface area contributed by atoms with Gasteiger partial charge in [-0.15, -0.1) is 11.8 Å². The second-order valence-corrected chi connectivity index (χ2v) is 6.85. The smallest absolute Gasteiger partial charge is 0.229 e. The number of thioether (sulfide) groups is 1. The summed E-state index contributed by atoms with van der Waals surface area (Å²) in [5, 5.41) is 8.28.